The Morgan fingerprint density at radius 3 is 2.87 bits per heavy atom. The molecular formula is C11H15NO2S. The van der Waals surface area contributed by atoms with Crippen LogP contribution in [0.25, 0.3) is 0 Å². The highest BCUT2D eigenvalue weighted by Crippen LogP contribution is 2.28. The lowest BCUT2D eigenvalue weighted by molar-refractivity contribution is -0.139. The maximum atomic E-state index is 11.1. The fraction of sp³-hybridized carbons (Fsp3) is 0.545. The first-order valence-corrected chi connectivity index (χ1v) is 6.10. The van der Waals surface area contributed by atoms with Gasteiger partial charge in [0.05, 0.1) is 0 Å². The van der Waals surface area contributed by atoms with Crippen molar-refractivity contribution in [2.24, 2.45) is 0 Å². The van der Waals surface area contributed by atoms with Crippen molar-refractivity contribution in [2.75, 3.05) is 0 Å². The van der Waals surface area contributed by atoms with Crippen molar-refractivity contribution in [3.8, 4) is 0 Å². The van der Waals surface area contributed by atoms with Crippen LogP contribution in [-0.4, -0.2) is 17.1 Å². The summed E-state index contributed by atoms with van der Waals surface area (Å²) in [4.78, 5) is 13.3. The van der Waals surface area contributed by atoms with Crippen LogP contribution in [0.2, 0.25) is 0 Å². The Kier molecular flexibility index (Phi) is 3.07. The quantitative estimate of drug-likeness (QED) is 0.807. The third-order valence-electron chi connectivity index (χ3n) is 2.54. The average molecular weight is 225 g/mol. The van der Waals surface area contributed by atoms with Crippen LogP contribution in [0.15, 0.2) is 12.1 Å². The maximum Gasteiger partial charge on any atom is 0.326 e. The highest BCUT2D eigenvalue weighted by Gasteiger charge is 2.29. The Bertz CT molecular complexity index is 357. The number of carboxylic acid groups (broad SMARTS) is 1. The normalized spacial score (nSPS) is 17.7. The van der Waals surface area contributed by atoms with E-state index in [4.69, 9.17) is 5.11 Å². The second-order valence-corrected chi connectivity index (χ2v) is 5.07. The molecule has 1 aromatic heterocycles. The van der Waals surface area contributed by atoms with Crippen molar-refractivity contribution in [2.45, 2.75) is 38.3 Å². The van der Waals surface area contributed by atoms with Gasteiger partial charge in [0.1, 0.15) is 6.04 Å². The molecule has 0 saturated heterocycles. The highest BCUT2D eigenvalue weighted by atomic mass is 32.1. The van der Waals surface area contributed by atoms with E-state index in [-0.39, 0.29) is 0 Å². The molecule has 0 radical (unpaired) electrons. The Balaban J connectivity index is 2.11. The van der Waals surface area contributed by atoms with Gasteiger partial charge >= 0.3 is 5.97 Å². The van der Waals surface area contributed by atoms with Crippen LogP contribution in [0.5, 0.6) is 0 Å². The van der Waals surface area contributed by atoms with Crippen molar-refractivity contribution in [1.29, 1.82) is 0 Å². The van der Waals surface area contributed by atoms with E-state index in [1.807, 2.05) is 12.1 Å². The van der Waals surface area contributed by atoms with Gasteiger partial charge in [0.2, 0.25) is 0 Å². The fourth-order valence-electron chi connectivity index (χ4n) is 1.50. The molecule has 3 nitrogen and oxygen atoms in total. The summed E-state index contributed by atoms with van der Waals surface area (Å²) >= 11 is 1.60. The Labute approximate surface area is 93.1 Å². The van der Waals surface area contributed by atoms with E-state index in [0.29, 0.717) is 6.04 Å². The number of carbonyl (C=O) groups is 1. The fourth-order valence-corrected chi connectivity index (χ4v) is 2.51. The van der Waals surface area contributed by atoms with Crippen molar-refractivity contribution >= 4 is 17.3 Å². The minimum absolute atomic E-state index is 0.415. The number of aryl methyl sites for hydroxylation is 1. The molecule has 1 aliphatic carbocycles. The van der Waals surface area contributed by atoms with Gasteiger partial charge in [-0.15, -0.1) is 11.3 Å². The molecule has 82 valence electrons. The first kappa shape index (κ1) is 10.6. The molecule has 1 fully saturated rings. The summed E-state index contributed by atoms with van der Waals surface area (Å²) in [5, 5.41) is 12.3. The second-order valence-electron chi connectivity index (χ2n) is 3.87. The molecule has 1 unspecified atom stereocenters. The number of hydrogen-bond acceptors (Lipinski definition) is 3. The van der Waals surface area contributed by atoms with Crippen LogP contribution >= 0.6 is 11.3 Å². The SMILES string of the molecule is CCc1ccc(C(NC2CC2)C(=O)O)s1. The molecule has 0 aliphatic heterocycles. The molecule has 1 saturated carbocycles. The third-order valence-corrected chi connectivity index (χ3v) is 3.84. The Morgan fingerprint density at radius 2 is 2.40 bits per heavy atom. The minimum Gasteiger partial charge on any atom is -0.480 e. The van der Waals surface area contributed by atoms with Crippen LogP contribution in [0.4, 0.5) is 0 Å². The summed E-state index contributed by atoms with van der Waals surface area (Å²) < 4.78 is 0. The number of aliphatic carboxylic acids is 1. The molecule has 1 aliphatic rings. The molecule has 4 heteroatoms. The molecule has 2 N–H and O–H groups in total. The van der Waals surface area contributed by atoms with Gasteiger partial charge in [-0.05, 0) is 31.4 Å². The highest BCUT2D eigenvalue weighted by molar-refractivity contribution is 7.12. The number of thiophene rings is 1. The maximum absolute atomic E-state index is 11.1. The van der Waals surface area contributed by atoms with Gasteiger partial charge in [-0.3, -0.25) is 10.1 Å². The summed E-state index contributed by atoms with van der Waals surface area (Å²) in [7, 11) is 0. The summed E-state index contributed by atoms with van der Waals surface area (Å²) in [6.07, 6.45) is 3.19. The second kappa shape index (κ2) is 4.33. The molecule has 1 heterocycles. The summed E-state index contributed by atoms with van der Waals surface area (Å²) in [5.41, 5.74) is 0. The van der Waals surface area contributed by atoms with E-state index in [1.54, 1.807) is 11.3 Å². The molecule has 0 bridgehead atoms. The van der Waals surface area contributed by atoms with Gasteiger partial charge < -0.3 is 5.11 Å². The van der Waals surface area contributed by atoms with Crippen LogP contribution in [0.1, 0.15) is 35.6 Å². The molecule has 15 heavy (non-hydrogen) atoms. The zero-order chi connectivity index (χ0) is 10.8. The van der Waals surface area contributed by atoms with Crippen LogP contribution in [-0.2, 0) is 11.2 Å². The lowest BCUT2D eigenvalue weighted by Gasteiger charge is -2.11. The number of carboxylic acids is 1. The van der Waals surface area contributed by atoms with Gasteiger partial charge in [-0.2, -0.15) is 0 Å². The predicted octanol–water partition coefficient (Wildman–Crippen LogP) is 2.19. The zero-order valence-electron chi connectivity index (χ0n) is 8.69. The van der Waals surface area contributed by atoms with Gasteiger partial charge in [-0.25, -0.2) is 0 Å². The van der Waals surface area contributed by atoms with E-state index in [9.17, 15) is 4.79 Å². The lowest BCUT2D eigenvalue weighted by atomic mass is 10.2. The molecule has 0 spiro atoms. The number of rotatable bonds is 5. The first-order valence-electron chi connectivity index (χ1n) is 5.28. The minimum atomic E-state index is -0.772. The van der Waals surface area contributed by atoms with Crippen molar-refractivity contribution < 1.29 is 9.90 Å². The standard InChI is InChI=1S/C11H15NO2S/c1-2-8-5-6-9(15-8)10(11(13)14)12-7-3-4-7/h5-7,10,12H,2-4H2,1H3,(H,13,14). The zero-order valence-corrected chi connectivity index (χ0v) is 9.51. The molecule has 2 rings (SSSR count). The monoisotopic (exact) mass is 225 g/mol. The van der Waals surface area contributed by atoms with Gasteiger partial charge in [0.25, 0.3) is 0 Å². The number of nitrogens with one attached hydrogen (secondary N) is 1. The molecule has 1 aromatic rings. The van der Waals surface area contributed by atoms with E-state index >= 15 is 0 Å². The van der Waals surface area contributed by atoms with E-state index < -0.39 is 12.0 Å². The van der Waals surface area contributed by atoms with E-state index in [0.717, 1.165) is 24.1 Å². The van der Waals surface area contributed by atoms with Crippen molar-refractivity contribution in [1.82, 2.24) is 5.32 Å². The van der Waals surface area contributed by atoms with E-state index in [1.165, 1.54) is 4.88 Å². The van der Waals surface area contributed by atoms with Crippen molar-refractivity contribution in [3.05, 3.63) is 21.9 Å². The van der Waals surface area contributed by atoms with E-state index in [2.05, 4.69) is 12.2 Å². The molecule has 1 atom stereocenters. The van der Waals surface area contributed by atoms with Crippen molar-refractivity contribution in [3.63, 3.8) is 0 Å². The first-order chi connectivity index (χ1) is 7.20. The Hall–Kier alpha value is -0.870. The molecule has 0 aromatic carbocycles. The Morgan fingerprint density at radius 1 is 1.67 bits per heavy atom. The summed E-state index contributed by atoms with van der Waals surface area (Å²) in [5.74, 6) is -0.772. The largest absolute Gasteiger partial charge is 0.480 e. The van der Waals surface area contributed by atoms with Gasteiger partial charge in [0, 0.05) is 15.8 Å². The smallest absolute Gasteiger partial charge is 0.326 e. The van der Waals surface area contributed by atoms with Gasteiger partial charge in [0.15, 0.2) is 0 Å². The molecular weight excluding hydrogens is 210 g/mol. The average Bonchev–Trinajstić information content (AvgIpc) is 2.91. The van der Waals surface area contributed by atoms with Crippen LogP contribution in [0.3, 0.4) is 0 Å². The lowest BCUT2D eigenvalue weighted by Crippen LogP contribution is -2.29. The van der Waals surface area contributed by atoms with Gasteiger partial charge in [-0.1, -0.05) is 6.92 Å². The topological polar surface area (TPSA) is 49.3 Å². The summed E-state index contributed by atoms with van der Waals surface area (Å²) in [6, 6.07) is 3.85. The third kappa shape index (κ3) is 2.58. The molecule has 0 amide bonds. The van der Waals surface area contributed by atoms with Crippen LogP contribution < -0.4 is 5.32 Å². The summed E-state index contributed by atoms with van der Waals surface area (Å²) in [6.45, 7) is 2.08. The van der Waals surface area contributed by atoms with Crippen LogP contribution in [0, 0.1) is 0 Å². The predicted molar refractivity (Wildman–Crippen MR) is 60.2 cm³/mol. The number of hydrogen-bond donors (Lipinski definition) is 2.